The molecule has 0 saturated carbocycles. The normalized spacial score (nSPS) is 10.3. The first kappa shape index (κ1) is 17.4. The Morgan fingerprint density at radius 2 is 2.10 bits per heavy atom. The van der Waals surface area contributed by atoms with Gasteiger partial charge in [0.1, 0.15) is 0 Å². The van der Waals surface area contributed by atoms with E-state index in [1.54, 1.807) is 13.0 Å². The fourth-order valence-corrected chi connectivity index (χ4v) is 2.05. The second-order valence-corrected chi connectivity index (χ2v) is 5.67. The number of anilines is 1. The Balaban J connectivity index is 2.69. The van der Waals surface area contributed by atoms with Crippen molar-refractivity contribution < 1.29 is 9.53 Å². The molecule has 1 aromatic rings. The maximum absolute atomic E-state index is 11.9. The van der Waals surface area contributed by atoms with Crippen LogP contribution < -0.4 is 10.6 Å². The molecule has 21 heavy (non-hydrogen) atoms. The molecule has 0 aliphatic rings. The van der Waals surface area contributed by atoms with E-state index in [9.17, 15) is 4.79 Å². The number of carbonyl (C=O) groups excluding carboxylic acids is 1. The lowest BCUT2D eigenvalue weighted by atomic mass is 10.1. The SMILES string of the molecule is CCOC(=O)c1cccc(NC(=S)NCCC(C)C)c1C. The van der Waals surface area contributed by atoms with Gasteiger partial charge in [-0.3, -0.25) is 0 Å². The second kappa shape index (κ2) is 8.62. The van der Waals surface area contributed by atoms with Crippen molar-refractivity contribution in [2.45, 2.75) is 34.1 Å². The Morgan fingerprint density at radius 1 is 1.38 bits per heavy atom. The fourth-order valence-electron chi connectivity index (χ4n) is 1.84. The lowest BCUT2D eigenvalue weighted by Gasteiger charge is -2.15. The number of hydrogen-bond donors (Lipinski definition) is 2. The van der Waals surface area contributed by atoms with E-state index in [1.165, 1.54) is 0 Å². The molecule has 0 heterocycles. The third-order valence-corrected chi connectivity index (χ3v) is 3.33. The minimum absolute atomic E-state index is 0.308. The second-order valence-electron chi connectivity index (χ2n) is 5.26. The highest BCUT2D eigenvalue weighted by atomic mass is 32.1. The molecule has 0 aromatic heterocycles. The molecular formula is C16H24N2O2S. The third-order valence-electron chi connectivity index (χ3n) is 3.08. The molecule has 0 fully saturated rings. The Labute approximate surface area is 132 Å². The van der Waals surface area contributed by atoms with Gasteiger partial charge in [-0.2, -0.15) is 0 Å². The first-order chi connectivity index (χ1) is 9.95. The minimum atomic E-state index is -0.308. The third kappa shape index (κ3) is 5.71. The standard InChI is InChI=1S/C16H24N2O2S/c1-5-20-15(19)13-7-6-8-14(12(13)4)18-16(21)17-10-9-11(2)3/h6-8,11H,5,9-10H2,1-4H3,(H2,17,18,21). The summed E-state index contributed by atoms with van der Waals surface area (Å²) in [4.78, 5) is 11.9. The highest BCUT2D eigenvalue weighted by Gasteiger charge is 2.12. The summed E-state index contributed by atoms with van der Waals surface area (Å²) in [5, 5.41) is 6.87. The van der Waals surface area contributed by atoms with Crippen molar-refractivity contribution in [1.82, 2.24) is 5.32 Å². The van der Waals surface area contributed by atoms with Gasteiger partial charge in [0.25, 0.3) is 0 Å². The van der Waals surface area contributed by atoms with Crippen LogP contribution >= 0.6 is 12.2 Å². The molecule has 0 spiro atoms. The molecule has 0 bridgehead atoms. The number of carbonyl (C=O) groups is 1. The van der Waals surface area contributed by atoms with Crippen LogP contribution in [0.15, 0.2) is 18.2 Å². The van der Waals surface area contributed by atoms with Gasteiger partial charge in [0, 0.05) is 12.2 Å². The van der Waals surface area contributed by atoms with E-state index in [4.69, 9.17) is 17.0 Å². The van der Waals surface area contributed by atoms with Crippen LogP contribution in [0.5, 0.6) is 0 Å². The topological polar surface area (TPSA) is 50.4 Å². The van der Waals surface area contributed by atoms with E-state index in [0.717, 1.165) is 24.2 Å². The number of thiocarbonyl (C=S) groups is 1. The van der Waals surface area contributed by atoms with Gasteiger partial charge in [0.15, 0.2) is 5.11 Å². The molecule has 0 atom stereocenters. The maximum atomic E-state index is 11.9. The molecule has 0 amide bonds. The highest BCUT2D eigenvalue weighted by Crippen LogP contribution is 2.19. The van der Waals surface area contributed by atoms with E-state index in [2.05, 4.69) is 24.5 Å². The van der Waals surface area contributed by atoms with Crippen LogP contribution in [0.25, 0.3) is 0 Å². The molecular weight excluding hydrogens is 284 g/mol. The van der Waals surface area contributed by atoms with Crippen molar-refractivity contribution in [3.05, 3.63) is 29.3 Å². The zero-order valence-electron chi connectivity index (χ0n) is 13.2. The largest absolute Gasteiger partial charge is 0.462 e. The van der Waals surface area contributed by atoms with Crippen molar-refractivity contribution in [3.8, 4) is 0 Å². The van der Waals surface area contributed by atoms with Crippen LogP contribution in [-0.4, -0.2) is 24.2 Å². The zero-order valence-corrected chi connectivity index (χ0v) is 14.0. The van der Waals surface area contributed by atoms with E-state index in [0.29, 0.717) is 23.2 Å². The first-order valence-electron chi connectivity index (χ1n) is 7.27. The first-order valence-corrected chi connectivity index (χ1v) is 7.68. The molecule has 4 nitrogen and oxygen atoms in total. The molecule has 0 unspecified atom stereocenters. The molecule has 116 valence electrons. The van der Waals surface area contributed by atoms with Crippen LogP contribution in [0, 0.1) is 12.8 Å². The van der Waals surface area contributed by atoms with Crippen molar-refractivity contribution in [3.63, 3.8) is 0 Å². The van der Waals surface area contributed by atoms with Gasteiger partial charge in [-0.15, -0.1) is 0 Å². The zero-order chi connectivity index (χ0) is 15.8. The van der Waals surface area contributed by atoms with Crippen LogP contribution in [0.3, 0.4) is 0 Å². The van der Waals surface area contributed by atoms with Crippen molar-refractivity contribution >= 4 is 29.0 Å². The Hall–Kier alpha value is -1.62. The number of rotatable bonds is 6. The number of nitrogens with one attached hydrogen (secondary N) is 2. The average molecular weight is 308 g/mol. The van der Waals surface area contributed by atoms with Crippen LogP contribution in [-0.2, 0) is 4.74 Å². The lowest BCUT2D eigenvalue weighted by molar-refractivity contribution is 0.0525. The fraction of sp³-hybridized carbons (Fsp3) is 0.500. The summed E-state index contributed by atoms with van der Waals surface area (Å²) in [7, 11) is 0. The monoisotopic (exact) mass is 308 g/mol. The summed E-state index contributed by atoms with van der Waals surface area (Å²) in [6.07, 6.45) is 1.06. The van der Waals surface area contributed by atoms with E-state index < -0.39 is 0 Å². The molecule has 0 aliphatic heterocycles. The van der Waals surface area contributed by atoms with Gasteiger partial charge in [-0.05, 0) is 56.1 Å². The van der Waals surface area contributed by atoms with Gasteiger partial charge in [0.2, 0.25) is 0 Å². The van der Waals surface area contributed by atoms with Crippen LogP contribution in [0.2, 0.25) is 0 Å². The van der Waals surface area contributed by atoms with E-state index in [-0.39, 0.29) is 5.97 Å². The lowest BCUT2D eigenvalue weighted by Crippen LogP contribution is -2.30. The maximum Gasteiger partial charge on any atom is 0.338 e. The molecule has 1 rings (SSSR count). The summed E-state index contributed by atoms with van der Waals surface area (Å²) in [6.45, 7) is 9.22. The number of benzene rings is 1. The Morgan fingerprint density at radius 3 is 2.71 bits per heavy atom. The summed E-state index contributed by atoms with van der Waals surface area (Å²) in [6, 6.07) is 5.47. The summed E-state index contributed by atoms with van der Waals surface area (Å²) >= 11 is 5.27. The van der Waals surface area contributed by atoms with Gasteiger partial charge in [-0.1, -0.05) is 19.9 Å². The summed E-state index contributed by atoms with van der Waals surface area (Å²) in [5.41, 5.74) is 2.22. The highest BCUT2D eigenvalue weighted by molar-refractivity contribution is 7.80. The number of ether oxygens (including phenoxy) is 1. The summed E-state index contributed by atoms with van der Waals surface area (Å²) in [5.74, 6) is 0.325. The van der Waals surface area contributed by atoms with Crippen LogP contribution in [0.1, 0.15) is 43.1 Å². The van der Waals surface area contributed by atoms with Gasteiger partial charge in [0.05, 0.1) is 12.2 Å². The minimum Gasteiger partial charge on any atom is -0.462 e. The van der Waals surface area contributed by atoms with E-state index >= 15 is 0 Å². The number of hydrogen-bond acceptors (Lipinski definition) is 3. The quantitative estimate of drug-likeness (QED) is 0.622. The van der Waals surface area contributed by atoms with E-state index in [1.807, 2.05) is 19.1 Å². The summed E-state index contributed by atoms with van der Waals surface area (Å²) < 4.78 is 5.04. The predicted octanol–water partition coefficient (Wildman–Crippen LogP) is 3.50. The van der Waals surface area contributed by atoms with Crippen molar-refractivity contribution in [2.75, 3.05) is 18.5 Å². The van der Waals surface area contributed by atoms with Crippen LogP contribution in [0.4, 0.5) is 5.69 Å². The molecule has 5 heteroatoms. The van der Waals surface area contributed by atoms with Gasteiger partial charge in [-0.25, -0.2) is 4.79 Å². The van der Waals surface area contributed by atoms with Crippen molar-refractivity contribution in [1.29, 1.82) is 0 Å². The molecule has 0 radical (unpaired) electrons. The Kier molecular flexibility index (Phi) is 7.15. The van der Waals surface area contributed by atoms with Crippen molar-refractivity contribution in [2.24, 2.45) is 5.92 Å². The van der Waals surface area contributed by atoms with Gasteiger partial charge < -0.3 is 15.4 Å². The average Bonchev–Trinajstić information content (AvgIpc) is 2.41. The molecule has 1 aromatic carbocycles. The van der Waals surface area contributed by atoms with Gasteiger partial charge >= 0.3 is 5.97 Å². The predicted molar refractivity (Wildman–Crippen MR) is 90.8 cm³/mol. The Bertz CT molecular complexity index is 501. The molecule has 2 N–H and O–H groups in total. The molecule has 0 saturated heterocycles. The molecule has 0 aliphatic carbocycles. The number of esters is 1. The smallest absolute Gasteiger partial charge is 0.338 e.